The summed E-state index contributed by atoms with van der Waals surface area (Å²) in [6.45, 7) is 2.34. The number of amides is 1. The van der Waals surface area contributed by atoms with Crippen LogP contribution in [-0.4, -0.2) is 85.0 Å². The van der Waals surface area contributed by atoms with E-state index in [1.54, 1.807) is 18.2 Å². The van der Waals surface area contributed by atoms with Crippen LogP contribution in [0.3, 0.4) is 0 Å². The number of benzene rings is 5. The standard InChI is InChI=1S/C43H36F5N5O9S2/c44-42(45,46)41(55)62-53(64(58,59)32-16-17-35(37(24-32)52(56)57)49-19-22-63-31-8-2-1-3-9-31)40(54)28-14-18-36-27(23-28)13-15-30-26-50(20-21-51(30)36)25-29-7-4-5-10-33(29)34-11-6-12-38-39(34)61-43(47,48)60-38/h1-12,14,16-18,23-24,30,49H,13,15,19-22,25-26H2/t30-/m1/s1. The van der Waals surface area contributed by atoms with Crippen molar-refractivity contribution in [2.45, 2.75) is 47.7 Å². The summed E-state index contributed by atoms with van der Waals surface area (Å²) in [7, 11) is -5.50. The molecule has 0 aliphatic carbocycles. The first-order chi connectivity index (χ1) is 30.5. The minimum Gasteiger partial charge on any atom is -0.395 e. The van der Waals surface area contributed by atoms with Crippen molar-refractivity contribution in [2.24, 2.45) is 0 Å². The Balaban J connectivity index is 0.987. The molecule has 3 aliphatic heterocycles. The molecule has 334 valence electrons. The number of carbonyl (C=O) groups excluding carboxylic acids is 2. The van der Waals surface area contributed by atoms with Crippen molar-refractivity contribution in [3.05, 3.63) is 136 Å². The lowest BCUT2D eigenvalue weighted by Gasteiger charge is -2.46. The lowest BCUT2D eigenvalue weighted by Crippen LogP contribution is -2.54. The highest BCUT2D eigenvalue weighted by Crippen LogP contribution is 2.48. The van der Waals surface area contributed by atoms with E-state index in [9.17, 15) is 50.1 Å². The van der Waals surface area contributed by atoms with E-state index in [0.717, 1.165) is 22.6 Å². The number of para-hydroxylation sites is 1. The number of hydrogen-bond acceptors (Lipinski definition) is 13. The van der Waals surface area contributed by atoms with Gasteiger partial charge in [-0.3, -0.25) is 19.8 Å². The minimum absolute atomic E-state index is 0.0214. The summed E-state index contributed by atoms with van der Waals surface area (Å²) in [4.78, 5) is 45.7. The van der Waals surface area contributed by atoms with Gasteiger partial charge in [-0.1, -0.05) is 54.6 Å². The van der Waals surface area contributed by atoms with Crippen LogP contribution in [0.25, 0.3) is 11.1 Å². The topological polar surface area (TPSA) is 161 Å². The molecular formula is C43H36F5N5O9S2. The second kappa shape index (κ2) is 17.6. The maximum Gasteiger partial charge on any atom is 0.586 e. The molecule has 5 aromatic carbocycles. The van der Waals surface area contributed by atoms with E-state index in [1.807, 2.05) is 48.5 Å². The van der Waals surface area contributed by atoms with E-state index >= 15 is 0 Å². The average Bonchev–Trinajstić information content (AvgIpc) is 3.60. The van der Waals surface area contributed by atoms with Crippen molar-refractivity contribution in [1.82, 2.24) is 9.37 Å². The first-order valence-corrected chi connectivity index (χ1v) is 22.1. The van der Waals surface area contributed by atoms with Crippen LogP contribution >= 0.6 is 11.8 Å². The Morgan fingerprint density at radius 3 is 2.45 bits per heavy atom. The zero-order valence-corrected chi connectivity index (χ0v) is 34.9. The van der Waals surface area contributed by atoms with Gasteiger partial charge in [0.2, 0.25) is 0 Å². The Kier molecular flexibility index (Phi) is 12.2. The maximum absolute atomic E-state index is 14.0. The smallest absolute Gasteiger partial charge is 0.395 e. The van der Waals surface area contributed by atoms with Crippen LogP contribution < -0.4 is 19.7 Å². The van der Waals surface area contributed by atoms with Crippen LogP contribution in [-0.2, 0) is 32.6 Å². The molecule has 3 heterocycles. The van der Waals surface area contributed by atoms with Crippen molar-refractivity contribution >= 4 is 50.7 Å². The number of anilines is 2. The Morgan fingerprint density at radius 1 is 0.938 bits per heavy atom. The molecule has 1 amide bonds. The van der Waals surface area contributed by atoms with Crippen LogP contribution in [0.2, 0.25) is 0 Å². The Labute approximate surface area is 366 Å². The van der Waals surface area contributed by atoms with Crippen molar-refractivity contribution in [3.63, 3.8) is 0 Å². The molecule has 0 saturated carbocycles. The number of fused-ring (bicyclic) bond motifs is 4. The van der Waals surface area contributed by atoms with Gasteiger partial charge in [0, 0.05) is 72.3 Å². The number of hydrogen-bond donors (Lipinski definition) is 1. The van der Waals surface area contributed by atoms with Gasteiger partial charge in [-0.05, 0) is 82.5 Å². The number of thioether (sulfide) groups is 1. The summed E-state index contributed by atoms with van der Waals surface area (Å²) in [6.07, 6.45) is -8.56. The Bertz CT molecular complexity index is 2730. The van der Waals surface area contributed by atoms with E-state index in [1.165, 1.54) is 36.0 Å². The number of nitro groups is 1. The minimum atomic E-state index is -5.72. The largest absolute Gasteiger partial charge is 0.586 e. The zero-order valence-electron chi connectivity index (χ0n) is 33.3. The fourth-order valence-corrected chi connectivity index (χ4v) is 9.83. The van der Waals surface area contributed by atoms with Crippen molar-refractivity contribution in [3.8, 4) is 22.6 Å². The number of nitro benzene ring substituents is 1. The molecule has 3 aliphatic rings. The van der Waals surface area contributed by atoms with Gasteiger partial charge in [-0.2, -0.15) is 21.6 Å². The second-order valence-electron chi connectivity index (χ2n) is 14.9. The molecule has 0 aromatic heterocycles. The van der Waals surface area contributed by atoms with E-state index < -0.39 is 59.9 Å². The fraction of sp³-hybridized carbons (Fsp3) is 0.256. The molecule has 1 atom stereocenters. The number of nitrogens with one attached hydrogen (secondary N) is 1. The lowest BCUT2D eigenvalue weighted by atomic mass is 9.92. The first-order valence-electron chi connectivity index (χ1n) is 19.7. The predicted octanol–water partition coefficient (Wildman–Crippen LogP) is 8.28. The van der Waals surface area contributed by atoms with Gasteiger partial charge in [-0.25, -0.2) is 4.79 Å². The van der Waals surface area contributed by atoms with Crippen molar-refractivity contribution in [1.29, 1.82) is 0 Å². The first kappa shape index (κ1) is 44.2. The summed E-state index contributed by atoms with van der Waals surface area (Å²) in [5.74, 6) is -4.31. The van der Waals surface area contributed by atoms with E-state index in [4.69, 9.17) is 4.74 Å². The molecule has 0 unspecified atom stereocenters. The van der Waals surface area contributed by atoms with Crippen LogP contribution in [0, 0.1) is 10.1 Å². The quantitative estimate of drug-likeness (QED) is 0.0419. The molecule has 21 heteroatoms. The SMILES string of the molecule is O=C(c1ccc2c(c1)CC[C@@H]1CN(Cc3ccccc3-c3cccc4c3OC(F)(F)O4)CCN21)N(OC(=O)C(F)(F)F)S(=O)(=O)c1ccc(NCCSc2ccccc2)c([N+](=O)[O-])c1. The molecular weight excluding hydrogens is 890 g/mol. The lowest BCUT2D eigenvalue weighted by molar-refractivity contribution is -0.384. The number of hydroxylamine groups is 1. The highest BCUT2D eigenvalue weighted by Gasteiger charge is 2.47. The summed E-state index contributed by atoms with van der Waals surface area (Å²) < 4.78 is 105. The van der Waals surface area contributed by atoms with Crippen LogP contribution in [0.1, 0.15) is 27.9 Å². The predicted molar refractivity (Wildman–Crippen MR) is 224 cm³/mol. The van der Waals surface area contributed by atoms with E-state index in [0.29, 0.717) is 73.2 Å². The molecule has 0 spiro atoms. The van der Waals surface area contributed by atoms with Gasteiger partial charge < -0.3 is 24.5 Å². The highest BCUT2D eigenvalue weighted by atomic mass is 32.2. The number of halogens is 5. The molecule has 64 heavy (non-hydrogen) atoms. The third kappa shape index (κ3) is 9.27. The normalized spacial score (nSPS) is 16.6. The van der Waals surface area contributed by atoms with Crippen molar-refractivity contribution in [2.75, 3.05) is 42.1 Å². The van der Waals surface area contributed by atoms with E-state index in [2.05, 4.69) is 24.7 Å². The highest BCUT2D eigenvalue weighted by molar-refractivity contribution is 7.99. The van der Waals surface area contributed by atoms with Crippen molar-refractivity contribution < 1.29 is 59.2 Å². The second-order valence-corrected chi connectivity index (χ2v) is 17.8. The molecule has 0 radical (unpaired) electrons. The Morgan fingerprint density at radius 2 is 1.69 bits per heavy atom. The number of rotatable bonds is 12. The number of alkyl halides is 5. The summed E-state index contributed by atoms with van der Waals surface area (Å²) in [6, 6.07) is 27.8. The van der Waals surface area contributed by atoms with Crippen LogP contribution in [0.15, 0.2) is 119 Å². The summed E-state index contributed by atoms with van der Waals surface area (Å²) >= 11 is 1.45. The third-order valence-electron chi connectivity index (χ3n) is 10.8. The van der Waals surface area contributed by atoms with Gasteiger partial charge in [0.1, 0.15) is 5.69 Å². The van der Waals surface area contributed by atoms with Gasteiger partial charge in [0.15, 0.2) is 11.5 Å². The number of aryl methyl sites for hydroxylation is 1. The van der Waals surface area contributed by atoms with Gasteiger partial charge in [0.25, 0.3) is 15.7 Å². The number of sulfonamides is 1. The molecule has 0 bridgehead atoms. The maximum atomic E-state index is 14.0. The van der Waals surface area contributed by atoms with Crippen LogP contribution in [0.5, 0.6) is 11.5 Å². The van der Waals surface area contributed by atoms with E-state index in [-0.39, 0.29) is 29.8 Å². The summed E-state index contributed by atoms with van der Waals surface area (Å²) in [5.41, 5.74) is 2.02. The molecule has 14 nitrogen and oxygen atoms in total. The van der Waals surface area contributed by atoms with Gasteiger partial charge >= 0.3 is 24.3 Å². The summed E-state index contributed by atoms with van der Waals surface area (Å²) in [5, 5.41) is 14.9. The van der Waals surface area contributed by atoms with Gasteiger partial charge in [0.05, 0.1) is 9.82 Å². The number of ether oxygens (including phenoxy) is 2. The van der Waals surface area contributed by atoms with Gasteiger partial charge in [-0.15, -0.1) is 20.5 Å². The number of carbonyl (C=O) groups is 2. The molecule has 5 aromatic rings. The molecule has 8 rings (SSSR count). The Hall–Kier alpha value is -6.45. The zero-order chi connectivity index (χ0) is 45.4. The molecule has 1 fully saturated rings. The monoisotopic (exact) mass is 925 g/mol. The van der Waals surface area contributed by atoms with Crippen LogP contribution in [0.4, 0.5) is 39.0 Å². The molecule has 1 N–H and O–H groups in total. The number of piperazine rings is 1. The average molecular weight is 926 g/mol. The molecule has 1 saturated heterocycles. The third-order valence-corrected chi connectivity index (χ3v) is 13.3. The fourth-order valence-electron chi connectivity index (χ4n) is 7.86. The number of nitrogens with zero attached hydrogens (tertiary/aromatic N) is 4.